The molecule has 1 atom stereocenters. The summed E-state index contributed by atoms with van der Waals surface area (Å²) < 4.78 is 13.6. The Balaban J connectivity index is 1.46. The molecule has 3 heterocycles. The number of piperidine rings is 2. The minimum atomic E-state index is -0.427. The van der Waals surface area contributed by atoms with Gasteiger partial charge in [0.2, 0.25) is 0 Å². The molecule has 1 unspecified atom stereocenters. The molecule has 2 aromatic rings. The van der Waals surface area contributed by atoms with E-state index in [1.807, 2.05) is 6.92 Å². The molecule has 2 saturated heterocycles. The third-order valence-corrected chi connectivity index (χ3v) is 6.04. The Kier molecular flexibility index (Phi) is 5.02. The van der Waals surface area contributed by atoms with Crippen LogP contribution in [0.3, 0.4) is 0 Å². The lowest BCUT2D eigenvalue weighted by molar-refractivity contribution is 0.0246. The number of rotatable bonds is 2. The first-order valence-corrected chi connectivity index (χ1v) is 9.70. The van der Waals surface area contributed by atoms with Gasteiger partial charge in [0.25, 0.3) is 5.91 Å². The average Bonchev–Trinajstić information content (AvgIpc) is 2.70. The molecule has 0 bridgehead atoms. The number of β-amino-alcohol motifs (C(OH)–C–C–N with tert-alkyl or cyclic N) is 1. The van der Waals surface area contributed by atoms with Crippen LogP contribution in [0.4, 0.5) is 10.2 Å². The van der Waals surface area contributed by atoms with Gasteiger partial charge in [-0.15, -0.1) is 0 Å². The van der Waals surface area contributed by atoms with Crippen molar-refractivity contribution in [1.82, 2.24) is 14.9 Å². The number of halogens is 1. The van der Waals surface area contributed by atoms with Gasteiger partial charge in [0.05, 0.1) is 12.3 Å². The second-order valence-electron chi connectivity index (χ2n) is 8.05. The predicted octanol–water partition coefficient (Wildman–Crippen LogP) is 2.42. The van der Waals surface area contributed by atoms with E-state index in [0.29, 0.717) is 25.2 Å². The van der Waals surface area contributed by atoms with E-state index < -0.39 is 11.9 Å². The van der Waals surface area contributed by atoms with Crippen LogP contribution in [0.2, 0.25) is 0 Å². The third-order valence-electron chi connectivity index (χ3n) is 6.04. The highest BCUT2D eigenvalue weighted by atomic mass is 19.1. The Labute approximate surface area is 164 Å². The Morgan fingerprint density at radius 1 is 1.29 bits per heavy atom. The molecular weight excluding hydrogens is 359 g/mol. The summed E-state index contributed by atoms with van der Waals surface area (Å²) in [6, 6.07) is 4.34. The number of aryl methyl sites for hydroxylation is 1. The van der Waals surface area contributed by atoms with Gasteiger partial charge in [-0.25, -0.2) is 9.37 Å². The van der Waals surface area contributed by atoms with Crippen molar-refractivity contribution in [2.75, 3.05) is 31.1 Å². The van der Waals surface area contributed by atoms with Crippen LogP contribution in [-0.2, 0) is 0 Å². The first-order valence-electron chi connectivity index (χ1n) is 9.70. The van der Waals surface area contributed by atoms with Crippen LogP contribution >= 0.6 is 0 Å². The zero-order chi connectivity index (χ0) is 19.7. The van der Waals surface area contributed by atoms with E-state index in [2.05, 4.69) is 14.9 Å². The van der Waals surface area contributed by atoms with Crippen molar-refractivity contribution >= 4 is 11.7 Å². The highest BCUT2D eigenvalue weighted by Gasteiger charge is 2.42. The summed E-state index contributed by atoms with van der Waals surface area (Å²) in [6.45, 7) is 4.38. The van der Waals surface area contributed by atoms with Crippen molar-refractivity contribution < 1.29 is 14.3 Å². The predicted molar refractivity (Wildman–Crippen MR) is 104 cm³/mol. The number of amides is 1. The van der Waals surface area contributed by atoms with E-state index in [1.54, 1.807) is 29.6 Å². The van der Waals surface area contributed by atoms with Gasteiger partial charge in [0, 0.05) is 44.1 Å². The number of carbonyl (C=O) groups excluding carboxylic acids is 1. The van der Waals surface area contributed by atoms with E-state index >= 15 is 0 Å². The van der Waals surface area contributed by atoms with Gasteiger partial charge in [0.15, 0.2) is 0 Å². The van der Waals surface area contributed by atoms with Crippen molar-refractivity contribution in [3.05, 3.63) is 53.7 Å². The molecule has 0 radical (unpaired) electrons. The molecule has 1 aromatic heterocycles. The molecule has 1 N–H and O–H groups in total. The molecule has 6 nitrogen and oxygen atoms in total. The number of nitrogens with zero attached hydrogens (tertiary/aromatic N) is 4. The third kappa shape index (κ3) is 3.71. The number of benzene rings is 1. The SMILES string of the molecule is Cc1ccc(F)cc1C(=O)N1CCC2(CC1)CC(O)CN(c1cnccn1)C2. The molecule has 148 valence electrons. The number of likely N-dealkylation sites (tertiary alicyclic amines) is 1. The summed E-state index contributed by atoms with van der Waals surface area (Å²) in [6.07, 6.45) is 6.93. The molecule has 1 aromatic carbocycles. The topological polar surface area (TPSA) is 69.6 Å². The first kappa shape index (κ1) is 18.8. The van der Waals surface area contributed by atoms with Gasteiger partial charge in [-0.05, 0) is 49.3 Å². The molecule has 1 spiro atoms. The highest BCUT2D eigenvalue weighted by Crippen LogP contribution is 2.41. The van der Waals surface area contributed by atoms with Crippen LogP contribution in [0.15, 0.2) is 36.8 Å². The molecule has 4 rings (SSSR count). The van der Waals surface area contributed by atoms with Crippen molar-refractivity contribution in [1.29, 1.82) is 0 Å². The van der Waals surface area contributed by atoms with Crippen molar-refractivity contribution in [2.24, 2.45) is 5.41 Å². The Morgan fingerprint density at radius 2 is 2.07 bits per heavy atom. The second-order valence-corrected chi connectivity index (χ2v) is 8.05. The number of anilines is 1. The van der Waals surface area contributed by atoms with Gasteiger partial charge < -0.3 is 14.9 Å². The van der Waals surface area contributed by atoms with Crippen LogP contribution in [0.25, 0.3) is 0 Å². The fourth-order valence-electron chi connectivity index (χ4n) is 4.52. The van der Waals surface area contributed by atoms with Crippen LogP contribution in [0.5, 0.6) is 0 Å². The Hall–Kier alpha value is -2.54. The normalized spacial score (nSPS) is 21.8. The molecule has 7 heteroatoms. The summed E-state index contributed by atoms with van der Waals surface area (Å²) in [5.74, 6) is 0.265. The van der Waals surface area contributed by atoms with E-state index in [0.717, 1.165) is 37.2 Å². The van der Waals surface area contributed by atoms with Gasteiger partial charge in [-0.2, -0.15) is 0 Å². The maximum atomic E-state index is 13.6. The standard InChI is InChI=1S/C21H25FN4O2/c1-15-2-3-16(22)10-18(15)20(28)25-8-4-21(5-9-25)11-17(27)13-26(14-21)19-12-23-6-7-24-19/h2-3,6-7,10,12,17,27H,4-5,8-9,11,13-14H2,1H3. The maximum Gasteiger partial charge on any atom is 0.254 e. The van der Waals surface area contributed by atoms with Crippen LogP contribution in [-0.4, -0.2) is 58.2 Å². The smallest absolute Gasteiger partial charge is 0.254 e. The van der Waals surface area contributed by atoms with E-state index in [1.165, 1.54) is 12.1 Å². The molecule has 28 heavy (non-hydrogen) atoms. The quantitative estimate of drug-likeness (QED) is 0.861. The molecule has 0 saturated carbocycles. The Bertz CT molecular complexity index is 853. The van der Waals surface area contributed by atoms with Crippen LogP contribution < -0.4 is 4.90 Å². The minimum Gasteiger partial charge on any atom is -0.391 e. The van der Waals surface area contributed by atoms with Gasteiger partial charge >= 0.3 is 0 Å². The number of hydrogen-bond acceptors (Lipinski definition) is 5. The second kappa shape index (κ2) is 7.47. The summed E-state index contributed by atoms with van der Waals surface area (Å²) in [4.78, 5) is 25.3. The molecular formula is C21H25FN4O2. The Morgan fingerprint density at radius 3 is 2.79 bits per heavy atom. The van der Waals surface area contributed by atoms with Crippen molar-refractivity contribution in [3.8, 4) is 0 Å². The summed E-state index contributed by atoms with van der Waals surface area (Å²) in [7, 11) is 0. The molecule has 2 aliphatic rings. The van der Waals surface area contributed by atoms with Crippen LogP contribution in [0.1, 0.15) is 35.2 Å². The lowest BCUT2D eigenvalue weighted by atomic mass is 9.71. The monoisotopic (exact) mass is 384 g/mol. The van der Waals surface area contributed by atoms with E-state index in [4.69, 9.17) is 0 Å². The zero-order valence-electron chi connectivity index (χ0n) is 16.0. The van der Waals surface area contributed by atoms with Crippen molar-refractivity contribution in [3.63, 3.8) is 0 Å². The zero-order valence-corrected chi connectivity index (χ0v) is 16.0. The number of aliphatic hydroxyl groups excluding tert-OH is 1. The first-order chi connectivity index (χ1) is 13.5. The summed E-state index contributed by atoms with van der Waals surface area (Å²) in [5, 5.41) is 10.5. The number of hydrogen-bond donors (Lipinski definition) is 1. The molecule has 1 amide bonds. The van der Waals surface area contributed by atoms with Crippen LogP contribution in [0, 0.1) is 18.2 Å². The lowest BCUT2D eigenvalue weighted by Crippen LogP contribution is -2.54. The largest absolute Gasteiger partial charge is 0.391 e. The summed E-state index contributed by atoms with van der Waals surface area (Å²) >= 11 is 0. The van der Waals surface area contributed by atoms with E-state index in [9.17, 15) is 14.3 Å². The average molecular weight is 384 g/mol. The number of aliphatic hydroxyl groups is 1. The molecule has 0 aliphatic carbocycles. The van der Waals surface area contributed by atoms with Gasteiger partial charge in [0.1, 0.15) is 11.6 Å². The van der Waals surface area contributed by atoms with Crippen molar-refractivity contribution in [2.45, 2.75) is 32.3 Å². The lowest BCUT2D eigenvalue weighted by Gasteiger charge is -2.49. The fraction of sp³-hybridized carbons (Fsp3) is 0.476. The highest BCUT2D eigenvalue weighted by molar-refractivity contribution is 5.95. The summed E-state index contributed by atoms with van der Waals surface area (Å²) in [5.41, 5.74) is 1.16. The minimum absolute atomic E-state index is 0.0526. The molecule has 2 fully saturated rings. The number of aromatic nitrogens is 2. The van der Waals surface area contributed by atoms with E-state index in [-0.39, 0.29) is 11.3 Å². The number of carbonyl (C=O) groups is 1. The molecule has 2 aliphatic heterocycles. The maximum absolute atomic E-state index is 13.6. The fourth-order valence-corrected chi connectivity index (χ4v) is 4.52. The van der Waals surface area contributed by atoms with Gasteiger partial charge in [-0.1, -0.05) is 6.07 Å². The van der Waals surface area contributed by atoms with Gasteiger partial charge in [-0.3, -0.25) is 9.78 Å².